The number of aliphatic hydroxyl groups is 1. The van der Waals surface area contributed by atoms with Gasteiger partial charge in [-0.2, -0.15) is 0 Å². The van der Waals surface area contributed by atoms with Crippen molar-refractivity contribution in [1.82, 2.24) is 4.72 Å². The molecular formula is C16H19NO3S. The fourth-order valence-electron chi connectivity index (χ4n) is 2.88. The first-order chi connectivity index (χ1) is 10.0. The van der Waals surface area contributed by atoms with Crippen LogP contribution in [0.15, 0.2) is 47.4 Å². The zero-order valence-corrected chi connectivity index (χ0v) is 12.5. The molecule has 1 saturated carbocycles. The predicted octanol–water partition coefficient (Wildman–Crippen LogP) is 2.28. The van der Waals surface area contributed by atoms with Crippen molar-refractivity contribution >= 4 is 20.8 Å². The highest BCUT2D eigenvalue weighted by molar-refractivity contribution is 7.89. The number of nitrogens with one attached hydrogen (secondary N) is 1. The summed E-state index contributed by atoms with van der Waals surface area (Å²) >= 11 is 0. The molecule has 4 nitrogen and oxygen atoms in total. The lowest BCUT2D eigenvalue weighted by Crippen LogP contribution is -2.28. The van der Waals surface area contributed by atoms with E-state index in [1.165, 1.54) is 0 Å². The van der Waals surface area contributed by atoms with Crippen LogP contribution in [0.1, 0.15) is 19.3 Å². The summed E-state index contributed by atoms with van der Waals surface area (Å²) < 4.78 is 27.3. The van der Waals surface area contributed by atoms with E-state index in [1.807, 2.05) is 30.3 Å². The Morgan fingerprint density at radius 2 is 1.86 bits per heavy atom. The maximum Gasteiger partial charge on any atom is 0.240 e. The molecule has 2 aromatic carbocycles. The number of rotatable bonds is 4. The molecule has 1 aliphatic carbocycles. The Bertz CT molecular complexity index is 742. The minimum absolute atomic E-state index is 0.232. The van der Waals surface area contributed by atoms with Crippen molar-refractivity contribution < 1.29 is 13.5 Å². The fraction of sp³-hybridized carbons (Fsp3) is 0.375. The molecular weight excluding hydrogens is 286 g/mol. The number of hydrogen-bond acceptors (Lipinski definition) is 3. The van der Waals surface area contributed by atoms with Crippen LogP contribution in [0.5, 0.6) is 0 Å². The Morgan fingerprint density at radius 1 is 1.10 bits per heavy atom. The van der Waals surface area contributed by atoms with Crippen LogP contribution in [0.4, 0.5) is 0 Å². The third-order valence-corrected chi connectivity index (χ3v) is 5.53. The van der Waals surface area contributed by atoms with Gasteiger partial charge in [0.1, 0.15) is 0 Å². The summed E-state index contributed by atoms with van der Waals surface area (Å²) in [5, 5.41) is 11.4. The van der Waals surface area contributed by atoms with E-state index in [-0.39, 0.29) is 12.0 Å². The van der Waals surface area contributed by atoms with Crippen molar-refractivity contribution in [2.45, 2.75) is 30.3 Å². The van der Waals surface area contributed by atoms with E-state index < -0.39 is 10.0 Å². The lowest BCUT2D eigenvalue weighted by Gasteiger charge is -2.12. The van der Waals surface area contributed by atoms with Crippen molar-refractivity contribution in [1.29, 1.82) is 0 Å². The van der Waals surface area contributed by atoms with Crippen molar-refractivity contribution in [2.75, 3.05) is 6.54 Å². The van der Waals surface area contributed by atoms with E-state index in [0.29, 0.717) is 17.9 Å². The van der Waals surface area contributed by atoms with Crippen LogP contribution < -0.4 is 4.72 Å². The number of aliphatic hydroxyl groups excluding tert-OH is 1. The van der Waals surface area contributed by atoms with E-state index >= 15 is 0 Å². The Hall–Kier alpha value is -1.43. The van der Waals surface area contributed by atoms with E-state index in [0.717, 1.165) is 23.6 Å². The molecule has 0 aromatic heterocycles. The van der Waals surface area contributed by atoms with Gasteiger partial charge in [0.25, 0.3) is 0 Å². The maximum absolute atomic E-state index is 12.3. The molecule has 2 N–H and O–H groups in total. The van der Waals surface area contributed by atoms with Gasteiger partial charge in [0.2, 0.25) is 10.0 Å². The summed E-state index contributed by atoms with van der Waals surface area (Å²) in [7, 11) is -3.49. The van der Waals surface area contributed by atoms with Crippen molar-refractivity contribution in [2.24, 2.45) is 5.92 Å². The first-order valence-corrected chi connectivity index (χ1v) is 8.69. The first-order valence-electron chi connectivity index (χ1n) is 7.21. The van der Waals surface area contributed by atoms with Crippen LogP contribution in [0.2, 0.25) is 0 Å². The van der Waals surface area contributed by atoms with Gasteiger partial charge in [0.15, 0.2) is 0 Å². The highest BCUT2D eigenvalue weighted by atomic mass is 32.2. The van der Waals surface area contributed by atoms with Crippen LogP contribution in [0.25, 0.3) is 10.8 Å². The van der Waals surface area contributed by atoms with Gasteiger partial charge in [-0.05, 0) is 48.1 Å². The fourth-order valence-corrected chi connectivity index (χ4v) is 4.03. The Kier molecular flexibility index (Phi) is 3.97. The van der Waals surface area contributed by atoms with E-state index in [9.17, 15) is 13.5 Å². The monoisotopic (exact) mass is 305 g/mol. The third kappa shape index (κ3) is 3.26. The lowest BCUT2D eigenvalue weighted by atomic mass is 10.1. The summed E-state index contributed by atoms with van der Waals surface area (Å²) in [6, 6.07) is 12.8. The van der Waals surface area contributed by atoms with Crippen LogP contribution in [0.3, 0.4) is 0 Å². The highest BCUT2D eigenvalue weighted by Gasteiger charge is 2.24. The molecule has 2 aromatic rings. The second kappa shape index (κ2) is 5.75. The molecule has 5 heteroatoms. The molecule has 0 saturated heterocycles. The average molecular weight is 305 g/mol. The highest BCUT2D eigenvalue weighted by Crippen LogP contribution is 2.25. The van der Waals surface area contributed by atoms with Gasteiger partial charge in [-0.1, -0.05) is 30.3 Å². The molecule has 0 bridgehead atoms. The maximum atomic E-state index is 12.3. The van der Waals surface area contributed by atoms with E-state index in [2.05, 4.69) is 4.72 Å². The van der Waals surface area contributed by atoms with Gasteiger partial charge in [0.05, 0.1) is 11.0 Å². The molecule has 2 atom stereocenters. The zero-order valence-electron chi connectivity index (χ0n) is 11.7. The van der Waals surface area contributed by atoms with Crippen LogP contribution in [-0.4, -0.2) is 26.2 Å². The summed E-state index contributed by atoms with van der Waals surface area (Å²) in [5.41, 5.74) is 0. The Morgan fingerprint density at radius 3 is 2.57 bits per heavy atom. The molecule has 0 aliphatic heterocycles. The first kappa shape index (κ1) is 14.5. The van der Waals surface area contributed by atoms with Gasteiger partial charge >= 0.3 is 0 Å². The lowest BCUT2D eigenvalue weighted by molar-refractivity contribution is 0.178. The number of fused-ring (bicyclic) bond motifs is 1. The quantitative estimate of drug-likeness (QED) is 0.910. The molecule has 21 heavy (non-hydrogen) atoms. The summed E-state index contributed by atoms with van der Waals surface area (Å²) in [6.07, 6.45) is 2.05. The zero-order chi connectivity index (χ0) is 14.9. The Balaban J connectivity index is 1.76. The summed E-state index contributed by atoms with van der Waals surface area (Å²) in [6.45, 7) is 0.395. The molecule has 0 amide bonds. The van der Waals surface area contributed by atoms with Gasteiger partial charge in [-0.15, -0.1) is 0 Å². The molecule has 1 aliphatic rings. The third-order valence-electron chi connectivity index (χ3n) is 4.11. The molecule has 2 unspecified atom stereocenters. The van der Waals surface area contributed by atoms with Gasteiger partial charge in [-0.3, -0.25) is 0 Å². The second-order valence-electron chi connectivity index (χ2n) is 5.69. The van der Waals surface area contributed by atoms with Crippen LogP contribution in [0, 0.1) is 5.92 Å². The average Bonchev–Trinajstić information content (AvgIpc) is 2.90. The van der Waals surface area contributed by atoms with Crippen LogP contribution in [-0.2, 0) is 10.0 Å². The summed E-state index contributed by atoms with van der Waals surface area (Å²) in [5.74, 6) is 0.232. The SMILES string of the molecule is O=S(=O)(NCC1CCC(O)C1)c1ccc2ccccc2c1. The predicted molar refractivity (Wildman–Crippen MR) is 82.5 cm³/mol. The molecule has 0 heterocycles. The topological polar surface area (TPSA) is 66.4 Å². The second-order valence-corrected chi connectivity index (χ2v) is 7.46. The summed E-state index contributed by atoms with van der Waals surface area (Å²) in [4.78, 5) is 0.291. The standard InChI is InChI=1S/C16H19NO3S/c18-15-7-5-12(9-15)11-17-21(19,20)16-8-6-13-3-1-2-4-14(13)10-16/h1-4,6,8,10,12,15,17-18H,5,7,9,11H2. The van der Waals surface area contributed by atoms with Gasteiger partial charge < -0.3 is 5.11 Å². The molecule has 1 fully saturated rings. The smallest absolute Gasteiger partial charge is 0.240 e. The molecule has 0 radical (unpaired) electrons. The van der Waals surface area contributed by atoms with E-state index in [4.69, 9.17) is 0 Å². The minimum atomic E-state index is -3.49. The van der Waals surface area contributed by atoms with E-state index in [1.54, 1.807) is 12.1 Å². The van der Waals surface area contributed by atoms with Gasteiger partial charge in [0, 0.05) is 6.54 Å². The molecule has 0 spiro atoms. The molecule has 3 rings (SSSR count). The van der Waals surface area contributed by atoms with Crippen molar-refractivity contribution in [3.05, 3.63) is 42.5 Å². The van der Waals surface area contributed by atoms with Crippen LogP contribution >= 0.6 is 0 Å². The number of sulfonamides is 1. The van der Waals surface area contributed by atoms with Crippen molar-refractivity contribution in [3.63, 3.8) is 0 Å². The normalized spacial score (nSPS) is 22.7. The van der Waals surface area contributed by atoms with Gasteiger partial charge in [-0.25, -0.2) is 13.1 Å². The number of benzene rings is 2. The van der Waals surface area contributed by atoms with Crippen molar-refractivity contribution in [3.8, 4) is 0 Å². The Labute approximate surface area is 124 Å². The molecule has 112 valence electrons. The largest absolute Gasteiger partial charge is 0.393 e. The number of hydrogen-bond donors (Lipinski definition) is 2. The minimum Gasteiger partial charge on any atom is -0.393 e.